The van der Waals surface area contributed by atoms with Crippen LogP contribution >= 0.6 is 0 Å². The summed E-state index contributed by atoms with van der Waals surface area (Å²) in [5, 5.41) is 2.20. The smallest absolute Gasteiger partial charge is 0.152 e. The lowest BCUT2D eigenvalue weighted by Gasteiger charge is -2.32. The Labute approximate surface area is 144 Å². The maximum atomic E-state index is 6.31. The van der Waals surface area contributed by atoms with Gasteiger partial charge >= 0.3 is 0 Å². The van der Waals surface area contributed by atoms with Gasteiger partial charge in [0.15, 0.2) is 5.76 Å². The summed E-state index contributed by atoms with van der Waals surface area (Å²) in [7, 11) is 0. The second-order valence-corrected chi connectivity index (χ2v) is 6.94. The molecule has 2 aromatic carbocycles. The molecule has 2 nitrogen and oxygen atoms in total. The summed E-state index contributed by atoms with van der Waals surface area (Å²) >= 11 is 0. The molecule has 1 fully saturated rings. The molecule has 0 spiro atoms. The molecule has 2 heteroatoms. The monoisotopic (exact) mass is 319 g/mol. The van der Waals surface area contributed by atoms with Gasteiger partial charge in [0, 0.05) is 5.56 Å². The Balaban J connectivity index is 1.57. The molecule has 1 atom stereocenters. The van der Waals surface area contributed by atoms with E-state index in [2.05, 4.69) is 71.8 Å². The summed E-state index contributed by atoms with van der Waals surface area (Å²) in [6.07, 6.45) is 9.09. The molecule has 1 unspecified atom stereocenters. The van der Waals surface area contributed by atoms with Gasteiger partial charge in [0.2, 0.25) is 0 Å². The third-order valence-electron chi connectivity index (χ3n) is 5.24. The van der Waals surface area contributed by atoms with E-state index in [9.17, 15) is 0 Å². The van der Waals surface area contributed by atoms with Crippen molar-refractivity contribution in [3.05, 3.63) is 77.9 Å². The molecule has 1 aliphatic heterocycles. The number of hydrogen-bond donors (Lipinski definition) is 0. The lowest BCUT2D eigenvalue weighted by molar-refractivity contribution is -0.115. The van der Waals surface area contributed by atoms with Gasteiger partial charge in [-0.05, 0) is 30.4 Å². The lowest BCUT2D eigenvalue weighted by atomic mass is 9.83. The van der Waals surface area contributed by atoms with Crippen molar-refractivity contribution in [2.24, 2.45) is 5.92 Å². The summed E-state index contributed by atoms with van der Waals surface area (Å²) in [4.78, 5) is 6.31. The molecule has 1 heterocycles. The molecule has 0 radical (unpaired) electrons. The van der Waals surface area contributed by atoms with Gasteiger partial charge in [-0.25, -0.2) is 0 Å². The highest BCUT2D eigenvalue weighted by molar-refractivity contribution is 5.61. The molecular weight excluding hydrogens is 294 g/mol. The van der Waals surface area contributed by atoms with Crippen LogP contribution in [0.3, 0.4) is 0 Å². The minimum Gasteiger partial charge on any atom is -0.405 e. The number of rotatable bonds is 4. The van der Waals surface area contributed by atoms with Crippen molar-refractivity contribution < 1.29 is 4.84 Å². The minimum atomic E-state index is 0.390. The van der Waals surface area contributed by atoms with E-state index in [0.29, 0.717) is 12.0 Å². The van der Waals surface area contributed by atoms with Crippen LogP contribution in [0.25, 0.3) is 5.76 Å². The maximum Gasteiger partial charge on any atom is 0.152 e. The second kappa shape index (κ2) is 7.23. The molecule has 0 amide bonds. The normalized spacial score (nSPS) is 22.2. The Morgan fingerprint density at radius 1 is 0.833 bits per heavy atom. The zero-order chi connectivity index (χ0) is 16.2. The summed E-state index contributed by atoms with van der Waals surface area (Å²) in [5.41, 5.74) is 2.48. The summed E-state index contributed by atoms with van der Waals surface area (Å²) in [6, 6.07) is 21.5. The second-order valence-electron chi connectivity index (χ2n) is 6.94. The first-order valence-corrected chi connectivity index (χ1v) is 9.16. The molecule has 1 aliphatic carbocycles. The Hall–Kier alpha value is -2.06. The molecule has 124 valence electrons. The first-order valence-electron chi connectivity index (χ1n) is 9.16. The number of benzene rings is 2. The van der Waals surface area contributed by atoms with Gasteiger partial charge in [-0.15, -0.1) is 5.06 Å². The predicted octanol–water partition coefficient (Wildman–Crippen LogP) is 5.42. The van der Waals surface area contributed by atoms with E-state index in [1.165, 1.54) is 43.2 Å². The largest absolute Gasteiger partial charge is 0.405 e. The van der Waals surface area contributed by atoms with Gasteiger partial charge in [-0.2, -0.15) is 0 Å². The lowest BCUT2D eigenvalue weighted by Crippen LogP contribution is -2.35. The minimum absolute atomic E-state index is 0.390. The quantitative estimate of drug-likeness (QED) is 0.745. The highest BCUT2D eigenvalue weighted by Crippen LogP contribution is 2.37. The highest BCUT2D eigenvalue weighted by atomic mass is 16.7. The summed E-state index contributed by atoms with van der Waals surface area (Å²) in [5.74, 6) is 1.73. The standard InChI is InChI=1S/C22H25NO/c1-4-10-18(11-5-1)17-23-21(19-12-6-2-7-13-19)16-22(24-23)20-14-8-3-9-15-20/h1,3-5,8-11,14-16,19,21H,2,6-7,12-13,17H2. The van der Waals surface area contributed by atoms with Gasteiger partial charge in [-0.3, -0.25) is 0 Å². The SMILES string of the molecule is C1=C(c2ccccc2)ON(Cc2ccccc2)C1C1CCCCC1. The summed E-state index contributed by atoms with van der Waals surface area (Å²) in [6.45, 7) is 0.842. The van der Waals surface area contributed by atoms with E-state index in [1.807, 2.05) is 0 Å². The van der Waals surface area contributed by atoms with Crippen molar-refractivity contribution in [3.8, 4) is 0 Å². The van der Waals surface area contributed by atoms with Crippen LogP contribution in [0.4, 0.5) is 0 Å². The van der Waals surface area contributed by atoms with Gasteiger partial charge in [0.05, 0.1) is 12.6 Å². The fourth-order valence-electron chi connectivity index (χ4n) is 3.96. The number of hydrogen-bond acceptors (Lipinski definition) is 2. The van der Waals surface area contributed by atoms with Crippen LogP contribution in [-0.4, -0.2) is 11.1 Å². The van der Waals surface area contributed by atoms with Crippen molar-refractivity contribution in [2.45, 2.75) is 44.7 Å². The van der Waals surface area contributed by atoms with E-state index in [4.69, 9.17) is 4.84 Å². The van der Waals surface area contributed by atoms with Crippen molar-refractivity contribution in [1.82, 2.24) is 5.06 Å². The molecule has 2 aromatic rings. The zero-order valence-corrected chi connectivity index (χ0v) is 14.1. The first-order chi connectivity index (χ1) is 11.9. The molecule has 4 rings (SSSR count). The van der Waals surface area contributed by atoms with Crippen LogP contribution in [0.1, 0.15) is 43.2 Å². The Kier molecular flexibility index (Phi) is 4.66. The zero-order valence-electron chi connectivity index (χ0n) is 14.1. The van der Waals surface area contributed by atoms with E-state index >= 15 is 0 Å². The third kappa shape index (κ3) is 3.39. The Morgan fingerprint density at radius 2 is 1.50 bits per heavy atom. The van der Waals surface area contributed by atoms with Crippen LogP contribution in [0, 0.1) is 5.92 Å². The molecule has 2 aliphatic rings. The van der Waals surface area contributed by atoms with Crippen LogP contribution in [0.5, 0.6) is 0 Å². The Bertz CT molecular complexity index is 674. The van der Waals surface area contributed by atoms with E-state index in [-0.39, 0.29) is 0 Å². The van der Waals surface area contributed by atoms with Gasteiger partial charge in [0.25, 0.3) is 0 Å². The van der Waals surface area contributed by atoms with Crippen LogP contribution in [0.2, 0.25) is 0 Å². The fourth-order valence-corrected chi connectivity index (χ4v) is 3.96. The molecule has 0 N–H and O–H groups in total. The highest BCUT2D eigenvalue weighted by Gasteiger charge is 2.34. The number of hydroxylamine groups is 2. The van der Waals surface area contributed by atoms with E-state index < -0.39 is 0 Å². The third-order valence-corrected chi connectivity index (χ3v) is 5.24. The molecule has 0 aromatic heterocycles. The van der Waals surface area contributed by atoms with Crippen LogP contribution < -0.4 is 0 Å². The number of nitrogens with zero attached hydrogens (tertiary/aromatic N) is 1. The maximum absolute atomic E-state index is 6.31. The molecular formula is C22H25NO. The van der Waals surface area contributed by atoms with Crippen molar-refractivity contribution >= 4 is 5.76 Å². The van der Waals surface area contributed by atoms with Gasteiger partial charge < -0.3 is 4.84 Å². The fraction of sp³-hybridized carbons (Fsp3) is 0.364. The summed E-state index contributed by atoms with van der Waals surface area (Å²) < 4.78 is 0. The average molecular weight is 319 g/mol. The van der Waals surface area contributed by atoms with E-state index in [0.717, 1.165) is 12.3 Å². The molecule has 24 heavy (non-hydrogen) atoms. The van der Waals surface area contributed by atoms with Crippen LogP contribution in [-0.2, 0) is 11.4 Å². The topological polar surface area (TPSA) is 12.5 Å². The predicted molar refractivity (Wildman–Crippen MR) is 97.9 cm³/mol. The van der Waals surface area contributed by atoms with Crippen molar-refractivity contribution in [2.75, 3.05) is 0 Å². The Morgan fingerprint density at radius 3 is 2.21 bits per heavy atom. The van der Waals surface area contributed by atoms with Gasteiger partial charge in [-0.1, -0.05) is 79.9 Å². The van der Waals surface area contributed by atoms with Crippen molar-refractivity contribution in [1.29, 1.82) is 0 Å². The average Bonchev–Trinajstić information content (AvgIpc) is 3.08. The van der Waals surface area contributed by atoms with Crippen LogP contribution in [0.15, 0.2) is 66.7 Å². The van der Waals surface area contributed by atoms with Crippen molar-refractivity contribution in [3.63, 3.8) is 0 Å². The van der Waals surface area contributed by atoms with Gasteiger partial charge in [0.1, 0.15) is 0 Å². The molecule has 1 saturated carbocycles. The van der Waals surface area contributed by atoms with E-state index in [1.54, 1.807) is 0 Å². The molecule has 0 bridgehead atoms. The first kappa shape index (κ1) is 15.5. The molecule has 0 saturated heterocycles.